The van der Waals surface area contributed by atoms with Crippen molar-refractivity contribution in [1.29, 1.82) is 0 Å². The molecule has 0 radical (unpaired) electrons. The molecule has 0 amide bonds. The van der Waals surface area contributed by atoms with Crippen LogP contribution in [0.3, 0.4) is 0 Å². The fraction of sp³-hybridized carbons (Fsp3) is 0.429. The molecule has 6 heteroatoms. The first-order valence-electron chi connectivity index (χ1n) is 6.60. The second kappa shape index (κ2) is 6.23. The van der Waals surface area contributed by atoms with Gasteiger partial charge in [-0.2, -0.15) is 0 Å². The Morgan fingerprint density at radius 2 is 1.00 bits per heavy atom. The molecule has 0 spiro atoms. The van der Waals surface area contributed by atoms with Crippen LogP contribution in [-0.2, 0) is 0 Å². The fourth-order valence-corrected chi connectivity index (χ4v) is 15.8. The molecule has 0 atom stereocenters. The molecule has 0 nitrogen and oxygen atoms in total. The molecule has 0 aliphatic carbocycles. The van der Waals surface area contributed by atoms with E-state index in [0.717, 1.165) is 10.0 Å². The van der Waals surface area contributed by atoms with Crippen molar-refractivity contribution in [3.8, 4) is 9.75 Å². The summed E-state index contributed by atoms with van der Waals surface area (Å²) in [5, 5.41) is 1.77. The van der Waals surface area contributed by atoms with Gasteiger partial charge in [0.1, 0.15) is 0 Å². The second-order valence-corrected chi connectivity index (χ2v) is 40.8. The number of rotatable bonds is 3. The Labute approximate surface area is 148 Å². The van der Waals surface area contributed by atoms with E-state index in [1.165, 1.54) is 15.5 Å². The topological polar surface area (TPSA) is 0 Å². The van der Waals surface area contributed by atoms with Crippen molar-refractivity contribution >= 4 is 88.4 Å². The molecule has 0 bridgehead atoms. The van der Waals surface area contributed by atoms with Crippen LogP contribution in [0.4, 0.5) is 0 Å². The normalized spacial score (nSPS) is 13.0. The molecule has 0 unspecified atom stereocenters. The van der Waals surface area contributed by atoms with Crippen LogP contribution in [0.15, 0.2) is 12.1 Å². The zero-order valence-corrected chi connectivity index (χ0v) is 21.6. The predicted molar refractivity (Wildman–Crippen MR) is 104 cm³/mol. The molecule has 0 aliphatic rings. The van der Waals surface area contributed by atoms with Crippen molar-refractivity contribution in [1.82, 2.24) is 0 Å². The van der Waals surface area contributed by atoms with Gasteiger partial charge in [-0.3, -0.25) is 0 Å². The summed E-state index contributed by atoms with van der Waals surface area (Å²) in [6, 6.07) is 4.38. The SMILES string of the molecule is [CH3][Sn]([CH3])([CH3])[c]1cc(Cl)c(-c2s[c]([Sn]([CH3])([CH3])[CH3])cc2Cl)s1. The maximum atomic E-state index is 6.49. The quantitative estimate of drug-likeness (QED) is 0.412. The van der Waals surface area contributed by atoms with Gasteiger partial charge in [0.05, 0.1) is 0 Å². The van der Waals surface area contributed by atoms with Crippen LogP contribution in [0.1, 0.15) is 0 Å². The molecule has 0 aliphatic heterocycles. The van der Waals surface area contributed by atoms with Crippen LogP contribution < -0.4 is 5.79 Å². The minimum atomic E-state index is -2.05. The van der Waals surface area contributed by atoms with Gasteiger partial charge in [-0.15, -0.1) is 0 Å². The number of thiophene rings is 2. The Morgan fingerprint density at radius 1 is 0.700 bits per heavy atom. The molecular formula is C14H20Cl2S2Sn2. The van der Waals surface area contributed by atoms with E-state index in [0.29, 0.717) is 0 Å². The van der Waals surface area contributed by atoms with Gasteiger partial charge in [0.15, 0.2) is 0 Å². The maximum absolute atomic E-state index is 6.49. The van der Waals surface area contributed by atoms with E-state index in [-0.39, 0.29) is 0 Å². The Kier molecular flexibility index (Phi) is 5.58. The van der Waals surface area contributed by atoms with Gasteiger partial charge in [-0.05, 0) is 0 Å². The summed E-state index contributed by atoms with van der Waals surface area (Å²) < 4.78 is 3.04. The van der Waals surface area contributed by atoms with Crippen molar-refractivity contribution in [2.45, 2.75) is 29.6 Å². The summed E-state index contributed by atoms with van der Waals surface area (Å²) in [5.41, 5.74) is 0. The van der Waals surface area contributed by atoms with Crippen molar-refractivity contribution < 1.29 is 0 Å². The molecule has 110 valence electrons. The average Bonchev–Trinajstić information content (AvgIpc) is 2.80. The van der Waals surface area contributed by atoms with Crippen LogP contribution in [0, 0.1) is 0 Å². The number of hydrogen-bond acceptors (Lipinski definition) is 2. The molecule has 0 saturated carbocycles. The zero-order valence-electron chi connectivity index (χ0n) is 12.7. The molecule has 0 saturated heterocycles. The van der Waals surface area contributed by atoms with Crippen molar-refractivity contribution in [3.63, 3.8) is 0 Å². The zero-order chi connectivity index (χ0) is 15.3. The summed E-state index contributed by atoms with van der Waals surface area (Å²) in [6.07, 6.45) is 0. The Morgan fingerprint density at radius 3 is 1.20 bits per heavy atom. The third-order valence-corrected chi connectivity index (χ3v) is 25.2. The molecule has 2 heterocycles. The number of halogens is 2. The summed E-state index contributed by atoms with van der Waals surface area (Å²) in [6.45, 7) is 0. The Bertz CT molecular complexity index is 574. The molecule has 0 N–H and O–H groups in total. The first-order chi connectivity index (χ1) is 9.00. The molecule has 2 aromatic rings. The van der Waals surface area contributed by atoms with E-state index >= 15 is 0 Å². The van der Waals surface area contributed by atoms with Gasteiger partial charge in [-0.25, -0.2) is 0 Å². The van der Waals surface area contributed by atoms with Crippen molar-refractivity contribution in [2.75, 3.05) is 0 Å². The first kappa shape index (κ1) is 17.9. The van der Waals surface area contributed by atoms with Crippen molar-refractivity contribution in [3.05, 3.63) is 22.2 Å². The summed E-state index contributed by atoms with van der Waals surface area (Å²) in [5.74, 6) is 0. The van der Waals surface area contributed by atoms with E-state index in [1.807, 2.05) is 22.7 Å². The fourth-order valence-electron chi connectivity index (χ4n) is 1.79. The second-order valence-electron chi connectivity index (χ2n) is 7.08. The van der Waals surface area contributed by atoms with Crippen LogP contribution >= 0.6 is 45.9 Å². The Balaban J connectivity index is 2.53. The molecule has 0 fully saturated rings. The first-order valence-corrected chi connectivity index (χ1v) is 29.0. The predicted octanol–water partition coefficient (Wildman–Crippen LogP) is 5.87. The van der Waals surface area contributed by atoms with E-state index in [2.05, 4.69) is 41.8 Å². The molecule has 2 rings (SSSR count). The summed E-state index contributed by atoms with van der Waals surface area (Å²) in [7, 11) is 0. The van der Waals surface area contributed by atoms with Gasteiger partial charge in [0.2, 0.25) is 0 Å². The molecule has 0 aromatic carbocycles. The standard InChI is InChI=1S/C8H2Cl2S2.6CH3.2Sn/c9-5-1-3-11-7(5)8-6(10)2-4-12-8;;;;;;;;/h1-2H;6*1H3;;. The van der Waals surface area contributed by atoms with Gasteiger partial charge in [0, 0.05) is 0 Å². The number of hydrogen-bond donors (Lipinski definition) is 0. The van der Waals surface area contributed by atoms with E-state index in [1.54, 1.807) is 0 Å². The van der Waals surface area contributed by atoms with Gasteiger partial charge >= 0.3 is 150 Å². The Hall–Kier alpha value is 1.58. The van der Waals surface area contributed by atoms with E-state index < -0.39 is 36.8 Å². The van der Waals surface area contributed by atoms with E-state index in [4.69, 9.17) is 23.2 Å². The van der Waals surface area contributed by atoms with Gasteiger partial charge in [0.25, 0.3) is 0 Å². The summed E-state index contributed by atoms with van der Waals surface area (Å²) >= 11 is 12.6. The average molecular weight is 561 g/mol. The van der Waals surface area contributed by atoms with Gasteiger partial charge < -0.3 is 0 Å². The molecule has 20 heavy (non-hydrogen) atoms. The van der Waals surface area contributed by atoms with Crippen LogP contribution in [0.5, 0.6) is 0 Å². The third-order valence-electron chi connectivity index (χ3n) is 3.06. The van der Waals surface area contributed by atoms with E-state index in [9.17, 15) is 0 Å². The molecule has 2 aromatic heterocycles. The van der Waals surface area contributed by atoms with Crippen LogP contribution in [-0.4, -0.2) is 36.8 Å². The van der Waals surface area contributed by atoms with Crippen LogP contribution in [0.25, 0.3) is 9.75 Å². The monoisotopic (exact) mass is 562 g/mol. The van der Waals surface area contributed by atoms with Crippen molar-refractivity contribution in [2.24, 2.45) is 0 Å². The molecular weight excluding hydrogens is 541 g/mol. The summed E-state index contributed by atoms with van der Waals surface area (Å²) in [4.78, 5) is 16.9. The third kappa shape index (κ3) is 3.91. The van der Waals surface area contributed by atoms with Crippen LogP contribution in [0.2, 0.25) is 39.7 Å². The minimum absolute atomic E-state index is 0.885. The van der Waals surface area contributed by atoms with Gasteiger partial charge in [-0.1, -0.05) is 0 Å².